The Kier molecular flexibility index (Phi) is 4.15. The second-order valence-corrected chi connectivity index (χ2v) is 4.95. The molecule has 2 unspecified atom stereocenters. The number of hydrogen-bond donors (Lipinski definition) is 1. The van der Waals surface area contributed by atoms with Crippen molar-refractivity contribution in [3.63, 3.8) is 0 Å². The van der Waals surface area contributed by atoms with E-state index in [0.717, 1.165) is 19.8 Å². The number of morpholine rings is 1. The minimum absolute atomic E-state index is 0.371. The number of likely N-dealkylation sites (N-methyl/N-ethyl adjacent to an activating group) is 1. The summed E-state index contributed by atoms with van der Waals surface area (Å²) in [5, 5.41) is 3.55. The van der Waals surface area contributed by atoms with Crippen LogP contribution in [0, 0.1) is 6.92 Å². The van der Waals surface area contributed by atoms with Gasteiger partial charge >= 0.3 is 0 Å². The molecule has 0 radical (unpaired) electrons. The van der Waals surface area contributed by atoms with E-state index in [0.29, 0.717) is 12.1 Å². The molecule has 1 aliphatic rings. The van der Waals surface area contributed by atoms with Gasteiger partial charge < -0.3 is 15.0 Å². The average Bonchev–Trinajstić information content (AvgIpc) is 2.33. The highest BCUT2D eigenvalue weighted by Gasteiger charge is 2.26. The molecule has 1 fully saturated rings. The van der Waals surface area contributed by atoms with Crippen molar-refractivity contribution in [1.29, 1.82) is 0 Å². The first-order valence-electron chi connectivity index (χ1n) is 6.22. The summed E-state index contributed by atoms with van der Waals surface area (Å²) < 4.78 is 5.57. The Hall–Kier alpha value is -0.900. The Labute approximate surface area is 104 Å². The lowest BCUT2D eigenvalue weighted by Crippen LogP contribution is -2.48. The number of hydrogen-bond acceptors (Lipinski definition) is 3. The molecule has 3 heteroatoms. The van der Waals surface area contributed by atoms with Crippen LogP contribution in [0.5, 0.6) is 0 Å². The molecule has 17 heavy (non-hydrogen) atoms. The molecule has 0 spiro atoms. The van der Waals surface area contributed by atoms with Crippen LogP contribution in [0.4, 0.5) is 0 Å². The van der Waals surface area contributed by atoms with Crippen LogP contribution < -0.4 is 5.32 Å². The molecule has 1 aromatic carbocycles. The van der Waals surface area contributed by atoms with Gasteiger partial charge in [-0.15, -0.1) is 0 Å². The van der Waals surface area contributed by atoms with Gasteiger partial charge in [0.1, 0.15) is 0 Å². The first-order valence-corrected chi connectivity index (χ1v) is 6.22. The van der Waals surface area contributed by atoms with Gasteiger partial charge in [0, 0.05) is 6.54 Å². The average molecular weight is 234 g/mol. The molecule has 2 rings (SSSR count). The Morgan fingerprint density at radius 1 is 1.29 bits per heavy atom. The lowest BCUT2D eigenvalue weighted by Gasteiger charge is -2.35. The SMILES string of the molecule is Cc1ccc(C(C2COCCN2)N(C)C)cc1. The summed E-state index contributed by atoms with van der Waals surface area (Å²) >= 11 is 0. The van der Waals surface area contributed by atoms with E-state index in [4.69, 9.17) is 4.74 Å². The zero-order valence-corrected chi connectivity index (χ0v) is 10.9. The number of nitrogens with one attached hydrogen (secondary N) is 1. The molecule has 1 N–H and O–H groups in total. The summed E-state index contributed by atoms with van der Waals surface area (Å²) in [5.41, 5.74) is 2.66. The van der Waals surface area contributed by atoms with Gasteiger partial charge in [-0.05, 0) is 26.6 Å². The highest BCUT2D eigenvalue weighted by atomic mass is 16.5. The minimum Gasteiger partial charge on any atom is -0.378 e. The second-order valence-electron chi connectivity index (χ2n) is 4.95. The molecule has 0 aliphatic carbocycles. The van der Waals surface area contributed by atoms with E-state index in [-0.39, 0.29) is 0 Å². The summed E-state index contributed by atoms with van der Waals surface area (Å²) in [6.45, 7) is 4.68. The molecule has 0 saturated carbocycles. The monoisotopic (exact) mass is 234 g/mol. The maximum absolute atomic E-state index is 5.57. The van der Waals surface area contributed by atoms with Gasteiger partial charge in [0.15, 0.2) is 0 Å². The van der Waals surface area contributed by atoms with Gasteiger partial charge in [0.2, 0.25) is 0 Å². The fraction of sp³-hybridized carbons (Fsp3) is 0.571. The van der Waals surface area contributed by atoms with Crippen molar-refractivity contribution in [3.05, 3.63) is 35.4 Å². The lowest BCUT2D eigenvalue weighted by atomic mass is 9.97. The summed E-state index contributed by atoms with van der Waals surface area (Å²) in [6.07, 6.45) is 0. The predicted octanol–water partition coefficient (Wildman–Crippen LogP) is 1.59. The Morgan fingerprint density at radius 3 is 2.53 bits per heavy atom. The van der Waals surface area contributed by atoms with Crippen LogP contribution in [0.1, 0.15) is 17.2 Å². The van der Waals surface area contributed by atoms with E-state index in [1.807, 2.05) is 0 Å². The fourth-order valence-corrected chi connectivity index (χ4v) is 2.44. The quantitative estimate of drug-likeness (QED) is 0.859. The van der Waals surface area contributed by atoms with E-state index < -0.39 is 0 Å². The van der Waals surface area contributed by atoms with Crippen LogP contribution in [0.15, 0.2) is 24.3 Å². The molecule has 0 aromatic heterocycles. The van der Waals surface area contributed by atoms with Crippen LogP contribution >= 0.6 is 0 Å². The molecular weight excluding hydrogens is 212 g/mol. The Bertz CT molecular complexity index is 342. The maximum atomic E-state index is 5.57. The molecule has 0 amide bonds. The van der Waals surface area contributed by atoms with Crippen molar-refractivity contribution in [2.75, 3.05) is 33.9 Å². The molecular formula is C14H22N2O. The van der Waals surface area contributed by atoms with E-state index in [9.17, 15) is 0 Å². The highest BCUT2D eigenvalue weighted by Crippen LogP contribution is 2.23. The first kappa shape index (κ1) is 12.6. The predicted molar refractivity (Wildman–Crippen MR) is 70.2 cm³/mol. The standard InChI is InChI=1S/C14H22N2O/c1-11-4-6-12(7-5-11)14(16(2)3)13-10-17-9-8-15-13/h4-7,13-15H,8-10H2,1-3H3. The van der Waals surface area contributed by atoms with E-state index in [1.54, 1.807) is 0 Å². The molecule has 94 valence electrons. The van der Waals surface area contributed by atoms with Crippen molar-refractivity contribution in [3.8, 4) is 0 Å². The van der Waals surface area contributed by atoms with Crippen LogP contribution in [-0.2, 0) is 4.74 Å². The second kappa shape index (κ2) is 5.63. The summed E-state index contributed by atoms with van der Waals surface area (Å²) in [5.74, 6) is 0. The van der Waals surface area contributed by atoms with Crippen molar-refractivity contribution in [1.82, 2.24) is 10.2 Å². The molecule has 2 atom stereocenters. The van der Waals surface area contributed by atoms with E-state index in [1.165, 1.54) is 11.1 Å². The molecule has 1 heterocycles. The molecule has 1 aromatic rings. The van der Waals surface area contributed by atoms with Gasteiger partial charge in [-0.3, -0.25) is 0 Å². The fourth-order valence-electron chi connectivity index (χ4n) is 2.44. The largest absolute Gasteiger partial charge is 0.378 e. The first-order chi connectivity index (χ1) is 8.18. The normalized spacial score (nSPS) is 22.7. The highest BCUT2D eigenvalue weighted by molar-refractivity contribution is 5.25. The van der Waals surface area contributed by atoms with Crippen molar-refractivity contribution in [2.45, 2.75) is 19.0 Å². The third kappa shape index (κ3) is 3.06. The topological polar surface area (TPSA) is 24.5 Å². The van der Waals surface area contributed by atoms with Crippen molar-refractivity contribution >= 4 is 0 Å². The van der Waals surface area contributed by atoms with Crippen molar-refractivity contribution in [2.24, 2.45) is 0 Å². The van der Waals surface area contributed by atoms with Gasteiger partial charge in [0.05, 0.1) is 25.3 Å². The number of ether oxygens (including phenoxy) is 1. The zero-order chi connectivity index (χ0) is 12.3. The lowest BCUT2D eigenvalue weighted by molar-refractivity contribution is 0.0459. The molecule has 3 nitrogen and oxygen atoms in total. The van der Waals surface area contributed by atoms with Crippen LogP contribution in [0.3, 0.4) is 0 Å². The van der Waals surface area contributed by atoms with Gasteiger partial charge in [-0.1, -0.05) is 29.8 Å². The molecule has 1 aliphatic heterocycles. The molecule has 1 saturated heterocycles. The van der Waals surface area contributed by atoms with Gasteiger partial charge in [-0.2, -0.15) is 0 Å². The van der Waals surface area contributed by atoms with Gasteiger partial charge in [0.25, 0.3) is 0 Å². The van der Waals surface area contributed by atoms with Crippen LogP contribution in [0.25, 0.3) is 0 Å². The molecule has 0 bridgehead atoms. The third-order valence-electron chi connectivity index (χ3n) is 3.31. The van der Waals surface area contributed by atoms with E-state index >= 15 is 0 Å². The number of aryl methyl sites for hydroxylation is 1. The van der Waals surface area contributed by atoms with Crippen molar-refractivity contribution < 1.29 is 4.74 Å². The maximum Gasteiger partial charge on any atom is 0.0639 e. The van der Waals surface area contributed by atoms with Gasteiger partial charge in [-0.25, -0.2) is 0 Å². The Morgan fingerprint density at radius 2 is 2.00 bits per heavy atom. The number of benzene rings is 1. The summed E-state index contributed by atoms with van der Waals surface area (Å²) in [6, 6.07) is 9.54. The smallest absolute Gasteiger partial charge is 0.0639 e. The third-order valence-corrected chi connectivity index (χ3v) is 3.31. The number of nitrogens with zero attached hydrogens (tertiary/aromatic N) is 1. The van der Waals surface area contributed by atoms with E-state index in [2.05, 4.69) is 55.5 Å². The van der Waals surface area contributed by atoms with Crippen LogP contribution in [0.2, 0.25) is 0 Å². The zero-order valence-electron chi connectivity index (χ0n) is 10.9. The minimum atomic E-state index is 0.371. The summed E-state index contributed by atoms with van der Waals surface area (Å²) in [7, 11) is 4.25. The number of rotatable bonds is 3. The summed E-state index contributed by atoms with van der Waals surface area (Å²) in [4.78, 5) is 2.26. The van der Waals surface area contributed by atoms with Crippen LogP contribution in [-0.4, -0.2) is 44.8 Å². The Balaban J connectivity index is 2.18.